The van der Waals surface area contributed by atoms with E-state index in [1.54, 1.807) is 25.2 Å². The van der Waals surface area contributed by atoms with Crippen LogP contribution >= 0.6 is 11.3 Å². The Morgan fingerprint density at radius 1 is 0.923 bits per heavy atom. The third kappa shape index (κ3) is 4.19. The maximum absolute atomic E-state index is 10.4. The van der Waals surface area contributed by atoms with E-state index in [0.29, 0.717) is 0 Å². The number of benzene rings is 3. The highest BCUT2D eigenvalue weighted by Gasteiger charge is 2.07. The first-order valence-electron chi connectivity index (χ1n) is 8.22. The molecule has 4 aromatic rings. The number of hydrogen-bond donors (Lipinski definition) is 0. The monoisotopic (exact) mass is 389 g/mol. The molecular weight excluding hydrogens is 370 g/mol. The second kappa shape index (κ2) is 8.09. The van der Waals surface area contributed by atoms with E-state index >= 15 is 0 Å². The van der Waals surface area contributed by atoms with Crippen LogP contribution in [0, 0.1) is 0 Å². The number of thiazole rings is 1. The second-order valence-electron chi connectivity index (χ2n) is 5.41. The van der Waals surface area contributed by atoms with Gasteiger partial charge < -0.3 is 0 Å². The van der Waals surface area contributed by atoms with E-state index in [2.05, 4.69) is 61.9 Å². The number of fused-ring (bicyclic) bond motifs is 4. The second-order valence-corrected chi connectivity index (χ2v) is 7.58. The smallest absolute Gasteiger partial charge is 0.248 e. The fourth-order valence-electron chi connectivity index (χ4n) is 2.66. The Labute approximate surface area is 156 Å². The Morgan fingerprint density at radius 2 is 1.58 bits per heavy atom. The van der Waals surface area contributed by atoms with Gasteiger partial charge >= 0.3 is 10.4 Å². The minimum absolute atomic E-state index is 0.113. The van der Waals surface area contributed by atoms with Gasteiger partial charge in [0.05, 0.1) is 28.9 Å². The van der Waals surface area contributed by atoms with E-state index in [1.807, 2.05) is 5.51 Å². The van der Waals surface area contributed by atoms with Crippen molar-refractivity contribution in [2.75, 3.05) is 13.2 Å². The maximum atomic E-state index is 10.4. The van der Waals surface area contributed by atoms with Crippen LogP contribution in [0.1, 0.15) is 13.8 Å². The van der Waals surface area contributed by atoms with Crippen LogP contribution in [0.5, 0.6) is 0 Å². The number of aromatic nitrogens is 1. The molecule has 26 heavy (non-hydrogen) atoms. The molecule has 0 saturated heterocycles. The molecule has 1 aromatic heterocycles. The highest BCUT2D eigenvalue weighted by molar-refractivity contribution is 7.81. The molecule has 0 aliphatic carbocycles. The Bertz CT molecular complexity index is 1120. The Balaban J connectivity index is 0.000000188. The van der Waals surface area contributed by atoms with Crippen LogP contribution in [0.25, 0.3) is 31.8 Å². The lowest BCUT2D eigenvalue weighted by Crippen LogP contribution is -2.09. The summed E-state index contributed by atoms with van der Waals surface area (Å²) in [5.74, 6) is 0. The van der Waals surface area contributed by atoms with Crippen molar-refractivity contribution in [3.8, 4) is 0 Å². The summed E-state index contributed by atoms with van der Waals surface area (Å²) >= 11 is 1.70. The summed E-state index contributed by atoms with van der Waals surface area (Å²) in [5, 5.41) is 5.08. The number of rotatable bonds is 4. The van der Waals surface area contributed by atoms with E-state index < -0.39 is 10.4 Å². The zero-order chi connectivity index (χ0) is 18.6. The molecule has 0 bridgehead atoms. The van der Waals surface area contributed by atoms with Gasteiger partial charge in [-0.25, -0.2) is 13.4 Å². The topological polar surface area (TPSA) is 65.5 Å². The predicted molar refractivity (Wildman–Crippen MR) is 107 cm³/mol. The van der Waals surface area contributed by atoms with E-state index in [1.165, 1.54) is 26.2 Å². The molecule has 0 atom stereocenters. The van der Waals surface area contributed by atoms with Gasteiger partial charge in [0, 0.05) is 5.39 Å². The molecule has 0 unspecified atom stereocenters. The first-order valence-corrected chi connectivity index (χ1v) is 10.4. The van der Waals surface area contributed by atoms with Crippen molar-refractivity contribution in [1.82, 2.24) is 4.98 Å². The van der Waals surface area contributed by atoms with Gasteiger partial charge in [0.25, 0.3) is 0 Å². The van der Waals surface area contributed by atoms with E-state index in [4.69, 9.17) is 0 Å². The van der Waals surface area contributed by atoms with Crippen LogP contribution in [-0.4, -0.2) is 26.6 Å². The van der Waals surface area contributed by atoms with Gasteiger partial charge in [0.15, 0.2) is 0 Å². The summed E-state index contributed by atoms with van der Waals surface area (Å²) in [7, 11) is -3.68. The molecule has 3 aromatic carbocycles. The van der Waals surface area contributed by atoms with Crippen molar-refractivity contribution < 1.29 is 16.8 Å². The van der Waals surface area contributed by atoms with Crippen molar-refractivity contribution in [3.63, 3.8) is 0 Å². The zero-order valence-corrected chi connectivity index (χ0v) is 16.1. The van der Waals surface area contributed by atoms with E-state index in [0.717, 1.165) is 5.52 Å². The summed E-state index contributed by atoms with van der Waals surface area (Å²) in [5.41, 5.74) is 3.04. The van der Waals surface area contributed by atoms with Gasteiger partial charge in [-0.15, -0.1) is 11.3 Å². The first kappa shape index (κ1) is 18.7. The SMILES string of the molecule is CCOS(=O)(=O)OCC.c1ccc2cc3c(ccc4scnc43)cc2c1. The predicted octanol–water partition coefficient (Wildman–Crippen LogP) is 4.91. The van der Waals surface area contributed by atoms with Crippen LogP contribution in [0.2, 0.25) is 0 Å². The molecule has 0 spiro atoms. The summed E-state index contributed by atoms with van der Waals surface area (Å²) in [4.78, 5) is 4.47. The minimum atomic E-state index is -3.68. The van der Waals surface area contributed by atoms with Crippen molar-refractivity contribution >= 4 is 53.5 Å². The van der Waals surface area contributed by atoms with Crippen molar-refractivity contribution in [2.45, 2.75) is 13.8 Å². The van der Waals surface area contributed by atoms with Crippen molar-refractivity contribution in [1.29, 1.82) is 0 Å². The van der Waals surface area contributed by atoms with E-state index in [9.17, 15) is 8.42 Å². The zero-order valence-electron chi connectivity index (χ0n) is 14.5. The molecule has 5 nitrogen and oxygen atoms in total. The van der Waals surface area contributed by atoms with Gasteiger partial charge in [0.1, 0.15) is 0 Å². The van der Waals surface area contributed by atoms with Gasteiger partial charge in [-0.2, -0.15) is 8.42 Å². The molecular formula is C19H19NO4S2. The molecule has 7 heteroatoms. The lowest BCUT2D eigenvalue weighted by Gasteiger charge is -2.02. The largest absolute Gasteiger partial charge is 0.399 e. The van der Waals surface area contributed by atoms with Crippen LogP contribution in [-0.2, 0) is 18.8 Å². The Hall–Kier alpha value is -2.06. The standard InChI is InChI=1S/C15H9NS.C4H10O4S/c1-2-4-11-8-13-12(7-10(11)3-1)5-6-14-15(13)16-9-17-14;1-3-7-9(5,6)8-4-2/h1-9H;3-4H2,1-2H3. The van der Waals surface area contributed by atoms with Crippen molar-refractivity contribution in [3.05, 3.63) is 54.0 Å². The summed E-state index contributed by atoms with van der Waals surface area (Å²) in [6.45, 7) is 3.39. The van der Waals surface area contributed by atoms with Crippen molar-refractivity contribution in [2.24, 2.45) is 0 Å². The molecule has 4 rings (SSSR count). The van der Waals surface area contributed by atoms with Crippen LogP contribution < -0.4 is 0 Å². The average Bonchev–Trinajstić information content (AvgIpc) is 3.09. The van der Waals surface area contributed by atoms with Gasteiger partial charge in [-0.3, -0.25) is 0 Å². The first-order chi connectivity index (χ1) is 12.5. The van der Waals surface area contributed by atoms with Gasteiger partial charge in [-0.05, 0) is 48.2 Å². The molecule has 0 N–H and O–H groups in total. The molecule has 0 amide bonds. The highest BCUT2D eigenvalue weighted by atomic mass is 32.3. The van der Waals surface area contributed by atoms with Gasteiger partial charge in [0.2, 0.25) is 0 Å². The quantitative estimate of drug-likeness (QED) is 0.464. The molecule has 136 valence electrons. The molecule has 0 saturated carbocycles. The van der Waals surface area contributed by atoms with Crippen LogP contribution in [0.4, 0.5) is 0 Å². The van der Waals surface area contributed by atoms with Gasteiger partial charge in [-0.1, -0.05) is 30.3 Å². The summed E-state index contributed by atoms with van der Waals surface area (Å²) < 4.78 is 30.5. The molecule has 0 aliphatic rings. The average molecular weight is 389 g/mol. The Morgan fingerprint density at radius 3 is 2.23 bits per heavy atom. The van der Waals surface area contributed by atoms with Crippen LogP contribution in [0.15, 0.2) is 54.0 Å². The minimum Gasteiger partial charge on any atom is -0.248 e. The van der Waals surface area contributed by atoms with E-state index in [-0.39, 0.29) is 13.2 Å². The summed E-state index contributed by atoms with van der Waals surface area (Å²) in [6.07, 6.45) is 0. The maximum Gasteiger partial charge on any atom is 0.399 e. The third-order valence-corrected chi connectivity index (χ3v) is 5.55. The van der Waals surface area contributed by atoms with Crippen LogP contribution in [0.3, 0.4) is 0 Å². The third-order valence-electron chi connectivity index (χ3n) is 3.71. The number of nitrogens with zero attached hydrogens (tertiary/aromatic N) is 1. The molecule has 1 heterocycles. The lowest BCUT2D eigenvalue weighted by atomic mass is 10.0. The molecule has 0 aliphatic heterocycles. The molecule has 0 radical (unpaired) electrons. The normalized spacial score (nSPS) is 11.6. The molecule has 0 fully saturated rings. The lowest BCUT2D eigenvalue weighted by molar-refractivity contribution is 0.231. The fourth-order valence-corrected chi connectivity index (χ4v) is 4.00. The number of hydrogen-bond acceptors (Lipinski definition) is 6. The summed E-state index contributed by atoms with van der Waals surface area (Å²) in [6, 6.07) is 17.3. The fraction of sp³-hybridized carbons (Fsp3) is 0.211. The Kier molecular flexibility index (Phi) is 5.83. The highest BCUT2D eigenvalue weighted by Crippen LogP contribution is 2.30.